The number of nitrogens with zero attached hydrogens (tertiary/aromatic N) is 2. The monoisotopic (exact) mass is 378 g/mol. The number of benzene rings is 1. The first-order valence-corrected chi connectivity index (χ1v) is 8.84. The predicted octanol–water partition coefficient (Wildman–Crippen LogP) is 0.979. The maximum atomic E-state index is 12.6. The van der Waals surface area contributed by atoms with Crippen molar-refractivity contribution in [3.8, 4) is 23.0 Å². The van der Waals surface area contributed by atoms with Crippen LogP contribution in [0.4, 0.5) is 0 Å². The molecule has 1 fully saturated rings. The van der Waals surface area contributed by atoms with E-state index >= 15 is 0 Å². The van der Waals surface area contributed by atoms with Crippen molar-refractivity contribution in [3.05, 3.63) is 11.6 Å². The summed E-state index contributed by atoms with van der Waals surface area (Å²) in [6, 6.07) is 1.86. The number of methoxy groups -OCH3 is 2. The zero-order valence-corrected chi connectivity index (χ0v) is 15.4. The van der Waals surface area contributed by atoms with Crippen LogP contribution in [0.15, 0.2) is 11.2 Å². The molecule has 0 unspecified atom stereocenters. The van der Waals surface area contributed by atoms with Gasteiger partial charge < -0.3 is 33.4 Å². The van der Waals surface area contributed by atoms with Gasteiger partial charge in [0.25, 0.3) is 5.91 Å². The molecule has 9 nitrogen and oxygen atoms in total. The number of oxime groups is 1. The minimum atomic E-state index is -0.260. The van der Waals surface area contributed by atoms with E-state index in [2.05, 4.69) is 5.16 Å². The molecule has 3 aliphatic rings. The molecule has 3 heterocycles. The minimum absolute atomic E-state index is 0.0870. The number of rotatable bonds is 5. The first kappa shape index (κ1) is 17.7. The number of ether oxygens (including phenoxy) is 5. The van der Waals surface area contributed by atoms with E-state index in [9.17, 15) is 4.79 Å². The van der Waals surface area contributed by atoms with Gasteiger partial charge >= 0.3 is 0 Å². The molecule has 1 aromatic carbocycles. The molecule has 1 saturated heterocycles. The Labute approximate surface area is 156 Å². The average Bonchev–Trinajstić information content (AvgIpc) is 3.36. The molecule has 27 heavy (non-hydrogen) atoms. The number of hydrogen-bond donors (Lipinski definition) is 0. The van der Waals surface area contributed by atoms with Crippen molar-refractivity contribution >= 4 is 11.6 Å². The van der Waals surface area contributed by atoms with Crippen molar-refractivity contribution in [2.45, 2.75) is 18.9 Å². The van der Waals surface area contributed by atoms with Crippen molar-refractivity contribution < 1.29 is 33.3 Å². The maximum absolute atomic E-state index is 12.6. The van der Waals surface area contributed by atoms with Crippen LogP contribution in [0.3, 0.4) is 0 Å². The smallest absolute Gasteiger partial charge is 0.271 e. The lowest BCUT2D eigenvalue weighted by Gasteiger charge is -2.26. The molecule has 0 N–H and O–H groups in total. The van der Waals surface area contributed by atoms with Gasteiger partial charge in [0.1, 0.15) is 11.8 Å². The molecule has 0 bridgehead atoms. The third-order valence-electron chi connectivity index (χ3n) is 4.78. The number of carbonyl (C=O) groups excluding carboxylic acids is 1. The van der Waals surface area contributed by atoms with Crippen molar-refractivity contribution in [2.75, 3.05) is 47.3 Å². The van der Waals surface area contributed by atoms with Crippen LogP contribution < -0.4 is 18.9 Å². The fraction of sp³-hybridized carbons (Fsp3) is 0.556. The van der Waals surface area contributed by atoms with Gasteiger partial charge in [-0.25, -0.2) is 0 Å². The third kappa shape index (κ3) is 3.34. The number of hydrogen-bond acceptors (Lipinski definition) is 8. The topological polar surface area (TPSA) is 88.1 Å². The van der Waals surface area contributed by atoms with Gasteiger partial charge in [-0.2, -0.15) is 0 Å². The maximum Gasteiger partial charge on any atom is 0.271 e. The Morgan fingerprint density at radius 2 is 2.00 bits per heavy atom. The normalized spacial score (nSPS) is 20.9. The molecular formula is C18H22N2O7. The highest BCUT2D eigenvalue weighted by atomic mass is 16.7. The molecule has 0 radical (unpaired) electrons. The highest BCUT2D eigenvalue weighted by Crippen LogP contribution is 2.49. The quantitative estimate of drug-likeness (QED) is 0.755. The van der Waals surface area contributed by atoms with Gasteiger partial charge in [0, 0.05) is 31.5 Å². The highest BCUT2D eigenvalue weighted by Gasteiger charge is 2.33. The summed E-state index contributed by atoms with van der Waals surface area (Å²) in [5.74, 6) is 2.11. The van der Waals surface area contributed by atoms with Gasteiger partial charge in [-0.3, -0.25) is 4.79 Å². The van der Waals surface area contributed by atoms with Crippen LogP contribution in [-0.2, 0) is 20.8 Å². The SMILES string of the molecule is COc1c(C[C@@H]2CC(C(=O)N3CCOCC3)=NO2)cc2c(c1OC)OCO2. The third-order valence-corrected chi connectivity index (χ3v) is 4.78. The Morgan fingerprint density at radius 1 is 1.22 bits per heavy atom. The lowest BCUT2D eigenvalue weighted by molar-refractivity contribution is -0.128. The van der Waals surface area contributed by atoms with Crippen LogP contribution >= 0.6 is 0 Å². The fourth-order valence-corrected chi connectivity index (χ4v) is 3.47. The van der Waals surface area contributed by atoms with Gasteiger partial charge in [-0.1, -0.05) is 5.16 Å². The number of morpholine rings is 1. The van der Waals surface area contributed by atoms with E-state index in [0.29, 0.717) is 67.9 Å². The summed E-state index contributed by atoms with van der Waals surface area (Å²) < 4.78 is 27.2. The van der Waals surface area contributed by atoms with Gasteiger partial charge in [0.15, 0.2) is 11.5 Å². The van der Waals surface area contributed by atoms with Crippen molar-refractivity contribution in [2.24, 2.45) is 5.16 Å². The second-order valence-corrected chi connectivity index (χ2v) is 6.41. The van der Waals surface area contributed by atoms with E-state index in [1.54, 1.807) is 19.1 Å². The predicted molar refractivity (Wildman–Crippen MR) is 93.7 cm³/mol. The highest BCUT2D eigenvalue weighted by molar-refractivity contribution is 6.39. The summed E-state index contributed by atoms with van der Waals surface area (Å²) in [6.45, 7) is 2.40. The Bertz CT molecular complexity index is 759. The molecule has 0 spiro atoms. The first-order chi connectivity index (χ1) is 13.2. The molecule has 3 aliphatic heterocycles. The van der Waals surface area contributed by atoms with Crippen LogP contribution in [0.25, 0.3) is 0 Å². The second-order valence-electron chi connectivity index (χ2n) is 6.41. The molecule has 0 aliphatic carbocycles. The van der Waals surface area contributed by atoms with Gasteiger partial charge in [0.05, 0.1) is 27.4 Å². The summed E-state index contributed by atoms with van der Waals surface area (Å²) in [5, 5.41) is 4.02. The molecule has 1 aromatic rings. The fourth-order valence-electron chi connectivity index (χ4n) is 3.47. The molecule has 1 amide bonds. The van der Waals surface area contributed by atoms with Crippen LogP contribution in [0.5, 0.6) is 23.0 Å². The van der Waals surface area contributed by atoms with Gasteiger partial charge in [0.2, 0.25) is 18.3 Å². The van der Waals surface area contributed by atoms with Crippen LogP contribution in [0.2, 0.25) is 0 Å². The molecule has 4 rings (SSSR count). The zero-order valence-electron chi connectivity index (χ0n) is 15.4. The lowest BCUT2D eigenvalue weighted by atomic mass is 10.0. The number of amides is 1. The first-order valence-electron chi connectivity index (χ1n) is 8.84. The van der Waals surface area contributed by atoms with E-state index in [4.69, 9.17) is 28.5 Å². The van der Waals surface area contributed by atoms with Crippen LogP contribution in [-0.4, -0.2) is 69.9 Å². The Hall–Kier alpha value is -2.68. The number of carbonyl (C=O) groups is 1. The largest absolute Gasteiger partial charge is 0.492 e. The summed E-state index contributed by atoms with van der Waals surface area (Å²) in [5.41, 5.74) is 1.28. The van der Waals surface area contributed by atoms with Crippen molar-refractivity contribution in [1.82, 2.24) is 4.90 Å². The molecule has 9 heteroatoms. The molecule has 0 saturated carbocycles. The average molecular weight is 378 g/mol. The van der Waals surface area contributed by atoms with E-state index in [1.165, 1.54) is 0 Å². The Morgan fingerprint density at radius 3 is 2.74 bits per heavy atom. The lowest BCUT2D eigenvalue weighted by Crippen LogP contribution is -2.44. The van der Waals surface area contributed by atoms with Crippen molar-refractivity contribution in [1.29, 1.82) is 0 Å². The zero-order chi connectivity index (χ0) is 18.8. The van der Waals surface area contributed by atoms with E-state index in [-0.39, 0.29) is 18.8 Å². The Balaban J connectivity index is 1.47. The standard InChI is InChI=1S/C18H22N2O7/c1-22-15-11(8-14-16(17(15)23-2)26-10-25-14)7-12-9-13(19-27-12)18(21)20-3-5-24-6-4-20/h8,12H,3-7,9-10H2,1-2H3/t12-/m1/s1. The molecule has 0 aromatic heterocycles. The molecular weight excluding hydrogens is 356 g/mol. The summed E-state index contributed by atoms with van der Waals surface area (Å²) in [4.78, 5) is 19.8. The van der Waals surface area contributed by atoms with E-state index in [1.807, 2.05) is 6.07 Å². The second kappa shape index (κ2) is 7.51. The van der Waals surface area contributed by atoms with Crippen LogP contribution in [0.1, 0.15) is 12.0 Å². The summed E-state index contributed by atoms with van der Waals surface area (Å²) in [6.07, 6.45) is 0.680. The number of fused-ring (bicyclic) bond motifs is 1. The Kier molecular flexibility index (Phi) is 4.93. The van der Waals surface area contributed by atoms with Gasteiger partial charge in [-0.05, 0) is 6.07 Å². The van der Waals surface area contributed by atoms with E-state index in [0.717, 1.165) is 5.56 Å². The van der Waals surface area contributed by atoms with Crippen LogP contribution in [0, 0.1) is 0 Å². The van der Waals surface area contributed by atoms with Gasteiger partial charge in [-0.15, -0.1) is 0 Å². The van der Waals surface area contributed by atoms with E-state index < -0.39 is 0 Å². The minimum Gasteiger partial charge on any atom is -0.492 e. The summed E-state index contributed by atoms with van der Waals surface area (Å²) >= 11 is 0. The molecule has 1 atom stereocenters. The van der Waals surface area contributed by atoms with Crippen molar-refractivity contribution in [3.63, 3.8) is 0 Å². The molecule has 146 valence electrons. The summed E-state index contributed by atoms with van der Waals surface area (Å²) in [7, 11) is 3.13.